The molecule has 4 heterocycles. The van der Waals surface area contributed by atoms with Crippen LogP contribution in [0.5, 0.6) is 5.75 Å². The van der Waals surface area contributed by atoms with E-state index in [0.29, 0.717) is 47.0 Å². The smallest absolute Gasteiger partial charge is 0.328 e. The lowest BCUT2D eigenvalue weighted by Crippen LogP contribution is -2.38. The first kappa shape index (κ1) is 21.7. The molecular weight excluding hydrogens is 444 g/mol. The van der Waals surface area contributed by atoms with Crippen molar-refractivity contribution in [2.75, 3.05) is 13.7 Å². The number of hydrogen-bond acceptors (Lipinski definition) is 6. The third-order valence-corrected chi connectivity index (χ3v) is 7.13. The Balaban J connectivity index is 0.00000228. The van der Waals surface area contributed by atoms with Crippen molar-refractivity contribution >= 4 is 34.6 Å². The molecule has 1 saturated heterocycles. The van der Waals surface area contributed by atoms with Crippen molar-refractivity contribution in [2.24, 2.45) is 5.92 Å². The van der Waals surface area contributed by atoms with Crippen LogP contribution in [0, 0.1) is 5.92 Å². The Morgan fingerprint density at radius 3 is 2.85 bits per heavy atom. The van der Waals surface area contributed by atoms with Crippen LogP contribution >= 0.6 is 12.4 Å². The van der Waals surface area contributed by atoms with Gasteiger partial charge in [0, 0.05) is 30.9 Å². The topological polar surface area (TPSA) is 118 Å². The number of methoxy groups -OCH3 is 1. The van der Waals surface area contributed by atoms with E-state index in [-0.39, 0.29) is 24.0 Å². The van der Waals surface area contributed by atoms with E-state index in [1.54, 1.807) is 19.5 Å². The molecule has 9 nitrogen and oxygen atoms in total. The summed E-state index contributed by atoms with van der Waals surface area (Å²) in [6.45, 7) is 1.29. The van der Waals surface area contributed by atoms with E-state index in [1.807, 2.05) is 6.07 Å². The van der Waals surface area contributed by atoms with Crippen LogP contribution in [0.1, 0.15) is 29.9 Å². The molecule has 33 heavy (non-hydrogen) atoms. The zero-order chi connectivity index (χ0) is 21.8. The molecule has 3 aromatic heterocycles. The lowest BCUT2D eigenvalue weighted by Gasteiger charge is -2.32. The lowest BCUT2D eigenvalue weighted by atomic mass is 9.73. The number of aromatic nitrogens is 5. The van der Waals surface area contributed by atoms with Gasteiger partial charge in [0.1, 0.15) is 22.3 Å². The number of fused-ring (bicyclic) bond motifs is 6. The second-order valence-electron chi connectivity index (χ2n) is 8.67. The molecule has 1 aromatic carbocycles. The number of nitrogens with zero attached hydrogens (tertiary/aromatic N) is 3. The van der Waals surface area contributed by atoms with E-state index in [9.17, 15) is 9.59 Å². The Morgan fingerprint density at radius 1 is 1.15 bits per heavy atom. The molecule has 3 atom stereocenters. The van der Waals surface area contributed by atoms with Gasteiger partial charge in [-0.2, -0.15) is 0 Å². The molecule has 3 N–H and O–H groups in total. The van der Waals surface area contributed by atoms with E-state index in [0.717, 1.165) is 25.1 Å². The second-order valence-corrected chi connectivity index (χ2v) is 8.67. The number of nitrogens with one attached hydrogen (secondary N) is 3. The SMILES string of the molecule is COc1cccc2c1CC[C@H]1CNC(CCn3c(=O)[nH]c4c([nH]c5nccnc54)c3=O)[C@@H]21.Cl. The van der Waals surface area contributed by atoms with Gasteiger partial charge in [-0.05, 0) is 48.9 Å². The van der Waals surface area contributed by atoms with Crippen LogP contribution in [-0.2, 0) is 13.0 Å². The monoisotopic (exact) mass is 468 g/mol. The molecule has 0 spiro atoms. The summed E-state index contributed by atoms with van der Waals surface area (Å²) in [6, 6.07) is 6.47. The summed E-state index contributed by atoms with van der Waals surface area (Å²) in [6.07, 6.45) is 5.91. The van der Waals surface area contributed by atoms with Crippen molar-refractivity contribution in [3.63, 3.8) is 0 Å². The quantitative estimate of drug-likeness (QED) is 0.422. The van der Waals surface area contributed by atoms with Gasteiger partial charge in [-0.3, -0.25) is 9.36 Å². The summed E-state index contributed by atoms with van der Waals surface area (Å²) in [4.78, 5) is 40.1. The zero-order valence-corrected chi connectivity index (χ0v) is 18.9. The van der Waals surface area contributed by atoms with Gasteiger partial charge < -0.3 is 20.0 Å². The highest BCUT2D eigenvalue weighted by Gasteiger charge is 2.40. The van der Waals surface area contributed by atoms with Crippen molar-refractivity contribution in [1.29, 1.82) is 0 Å². The molecule has 172 valence electrons. The molecule has 1 unspecified atom stereocenters. The summed E-state index contributed by atoms with van der Waals surface area (Å²) < 4.78 is 6.88. The predicted molar refractivity (Wildman–Crippen MR) is 127 cm³/mol. The number of hydrogen-bond donors (Lipinski definition) is 3. The summed E-state index contributed by atoms with van der Waals surface area (Å²) in [5, 5.41) is 3.65. The Labute approximate surface area is 195 Å². The fraction of sp³-hybridized carbons (Fsp3) is 0.391. The first-order valence-electron chi connectivity index (χ1n) is 11.0. The van der Waals surface area contributed by atoms with Gasteiger partial charge in [0.05, 0.1) is 7.11 Å². The first-order chi connectivity index (χ1) is 15.7. The fourth-order valence-electron chi connectivity index (χ4n) is 5.67. The number of aromatic amines is 2. The molecule has 2 aliphatic rings. The maximum atomic E-state index is 13.1. The van der Waals surface area contributed by atoms with Crippen molar-refractivity contribution in [1.82, 2.24) is 29.8 Å². The van der Waals surface area contributed by atoms with E-state index in [2.05, 4.69) is 37.4 Å². The van der Waals surface area contributed by atoms with Crippen molar-refractivity contribution in [3.05, 3.63) is 62.6 Å². The maximum absolute atomic E-state index is 13.1. The molecule has 0 bridgehead atoms. The average Bonchev–Trinajstić information content (AvgIpc) is 3.40. The van der Waals surface area contributed by atoms with Gasteiger partial charge in [0.2, 0.25) is 0 Å². The van der Waals surface area contributed by atoms with Gasteiger partial charge in [-0.25, -0.2) is 14.8 Å². The number of halogens is 1. The molecule has 0 saturated carbocycles. The third kappa shape index (κ3) is 3.34. The highest BCUT2D eigenvalue weighted by Crippen LogP contribution is 2.45. The molecule has 4 aromatic rings. The van der Waals surface area contributed by atoms with Crippen molar-refractivity contribution in [2.45, 2.75) is 37.8 Å². The maximum Gasteiger partial charge on any atom is 0.328 e. The van der Waals surface area contributed by atoms with E-state index >= 15 is 0 Å². The minimum atomic E-state index is -0.422. The van der Waals surface area contributed by atoms with E-state index in [1.165, 1.54) is 15.7 Å². The second kappa shape index (κ2) is 8.31. The molecule has 1 fully saturated rings. The van der Waals surface area contributed by atoms with Crippen LogP contribution in [0.25, 0.3) is 22.2 Å². The Bertz CT molecular complexity index is 1460. The van der Waals surface area contributed by atoms with Gasteiger partial charge >= 0.3 is 5.69 Å². The first-order valence-corrected chi connectivity index (χ1v) is 11.0. The summed E-state index contributed by atoms with van der Waals surface area (Å²) in [7, 11) is 1.72. The largest absolute Gasteiger partial charge is 0.496 e. The van der Waals surface area contributed by atoms with Crippen LogP contribution in [-0.4, -0.2) is 44.2 Å². The van der Waals surface area contributed by atoms with Gasteiger partial charge in [0.25, 0.3) is 5.56 Å². The van der Waals surface area contributed by atoms with Crippen LogP contribution < -0.4 is 21.3 Å². The van der Waals surface area contributed by atoms with Crippen LogP contribution in [0.3, 0.4) is 0 Å². The number of H-pyrrole nitrogens is 2. The molecule has 1 aliphatic carbocycles. The van der Waals surface area contributed by atoms with E-state index in [4.69, 9.17) is 4.74 Å². The lowest BCUT2D eigenvalue weighted by molar-refractivity contribution is 0.371. The predicted octanol–water partition coefficient (Wildman–Crippen LogP) is 2.10. The van der Waals surface area contributed by atoms with Crippen LogP contribution in [0.2, 0.25) is 0 Å². The number of ether oxygens (including phenoxy) is 1. The zero-order valence-electron chi connectivity index (χ0n) is 18.1. The molecule has 0 amide bonds. The fourth-order valence-corrected chi connectivity index (χ4v) is 5.67. The van der Waals surface area contributed by atoms with Crippen molar-refractivity contribution in [3.8, 4) is 5.75 Å². The van der Waals surface area contributed by atoms with Crippen LogP contribution in [0.15, 0.2) is 40.2 Å². The number of benzene rings is 1. The van der Waals surface area contributed by atoms with Gasteiger partial charge in [-0.1, -0.05) is 12.1 Å². The molecular formula is C23H25ClN6O3. The standard InChI is InChI=1S/C23H24N6O3.ClH/c1-32-16-4-2-3-14-13(16)6-5-12-11-26-15(17(12)14)7-10-29-22(30)20-18(28-23(29)31)19-21(27-20)25-9-8-24-19;/h2-4,8-9,12,15,17,26H,5-7,10-11H2,1H3,(H,25,27)(H,28,31);1H/t12-,15?,17+;/m0./s1. The Hall–Kier alpha value is -3.17. The highest BCUT2D eigenvalue weighted by atomic mass is 35.5. The van der Waals surface area contributed by atoms with Gasteiger partial charge in [0.15, 0.2) is 5.65 Å². The molecule has 0 radical (unpaired) electrons. The summed E-state index contributed by atoms with van der Waals surface area (Å²) in [5.41, 5.74) is 3.58. The summed E-state index contributed by atoms with van der Waals surface area (Å²) in [5.74, 6) is 1.86. The molecule has 1 aliphatic heterocycles. The van der Waals surface area contributed by atoms with Crippen LogP contribution in [0.4, 0.5) is 0 Å². The third-order valence-electron chi connectivity index (χ3n) is 7.13. The minimum Gasteiger partial charge on any atom is -0.496 e. The van der Waals surface area contributed by atoms with Crippen molar-refractivity contribution < 1.29 is 4.74 Å². The summed E-state index contributed by atoms with van der Waals surface area (Å²) >= 11 is 0. The Morgan fingerprint density at radius 2 is 2.00 bits per heavy atom. The average molecular weight is 469 g/mol. The number of rotatable bonds is 4. The normalized spacial score (nSPS) is 21.5. The molecule has 6 rings (SSSR count). The van der Waals surface area contributed by atoms with E-state index < -0.39 is 5.69 Å². The molecule has 10 heteroatoms. The Kier molecular flexibility index (Phi) is 5.46. The van der Waals surface area contributed by atoms with Gasteiger partial charge in [-0.15, -0.1) is 12.4 Å². The highest BCUT2D eigenvalue weighted by molar-refractivity contribution is 5.99. The minimum absolute atomic E-state index is 0.